The second-order valence-electron chi connectivity index (χ2n) is 19.1. The summed E-state index contributed by atoms with van der Waals surface area (Å²) in [6.45, 7) is 39.8. The third-order valence-corrected chi connectivity index (χ3v) is 9.36. The van der Waals surface area contributed by atoms with Crippen molar-refractivity contribution < 1.29 is 71.4 Å². The molecule has 19 heteroatoms. The molecule has 0 fully saturated rings. The van der Waals surface area contributed by atoms with Crippen LogP contribution in [0.15, 0.2) is 34.4 Å². The van der Waals surface area contributed by atoms with Gasteiger partial charge in [-0.3, -0.25) is 0 Å². The molecule has 67 heavy (non-hydrogen) atoms. The fourth-order valence-electron chi connectivity index (χ4n) is 3.98. The number of nitrogens with one attached hydrogen (secondary N) is 3. The molecule has 0 saturated carbocycles. The number of esters is 3. The number of halogens is 2. The molecule has 3 N–H and O–H groups in total. The van der Waals surface area contributed by atoms with Gasteiger partial charge < -0.3 is 44.4 Å². The Hall–Kier alpha value is -2.73. The van der Waals surface area contributed by atoms with Crippen molar-refractivity contribution in [2.75, 3.05) is 39.2 Å². The third-order valence-electron chi connectivity index (χ3n) is 8.52. The molecule has 0 unspecified atom stereocenters. The Balaban J connectivity index is -0.000000187. The van der Waals surface area contributed by atoms with E-state index < -0.39 is 71.1 Å². The van der Waals surface area contributed by atoms with Crippen LogP contribution in [0.4, 0.5) is 14.4 Å². The second kappa shape index (κ2) is 40.0. The Bertz CT molecular complexity index is 1530. The molecule has 15 nitrogen and oxygen atoms in total. The van der Waals surface area contributed by atoms with Gasteiger partial charge in [0.05, 0.1) is 21.3 Å². The number of hydrogen-bond donors (Lipinski definition) is 3. The van der Waals surface area contributed by atoms with Crippen LogP contribution in [0.2, 0.25) is 0 Å². The van der Waals surface area contributed by atoms with Gasteiger partial charge in [-0.25, -0.2) is 28.8 Å². The van der Waals surface area contributed by atoms with Gasteiger partial charge >= 0.3 is 64.5 Å². The molecule has 0 aromatic heterocycles. The molecule has 0 aromatic rings. The summed E-state index contributed by atoms with van der Waals surface area (Å²) in [5.41, 5.74) is 4.10. The van der Waals surface area contributed by atoms with Crippen molar-refractivity contribution in [2.45, 2.75) is 192 Å². The quantitative estimate of drug-likeness (QED) is 0.0489. The first-order valence-corrected chi connectivity index (χ1v) is 26.6. The molecular formula is C48H90Br2CuN3O12S. The molecule has 0 aliphatic carbocycles. The summed E-state index contributed by atoms with van der Waals surface area (Å²) in [5, 5.41) is 8.57. The van der Waals surface area contributed by atoms with Crippen molar-refractivity contribution in [3.8, 4) is 0 Å². The van der Waals surface area contributed by atoms with Crippen LogP contribution in [-0.2, 0) is 57.0 Å². The van der Waals surface area contributed by atoms with Crippen LogP contribution >= 0.6 is 41.8 Å². The predicted octanol–water partition coefficient (Wildman–Crippen LogP) is 12.3. The number of rotatable bonds is 14. The number of alkyl halides is 1. The number of carbonyl (C=O) groups excluding carboxylic acids is 6. The fourth-order valence-corrected chi connectivity index (χ4v) is 4.54. The van der Waals surface area contributed by atoms with Gasteiger partial charge in [-0.05, 0) is 154 Å². The van der Waals surface area contributed by atoms with Gasteiger partial charge in [-0.2, -0.15) is 11.8 Å². The van der Waals surface area contributed by atoms with Crippen molar-refractivity contribution in [3.05, 3.63) is 34.4 Å². The average molecular weight is 1160 g/mol. The first-order valence-electron chi connectivity index (χ1n) is 21.6. The number of ether oxygens (including phenoxy) is 6. The molecule has 400 valence electrons. The summed E-state index contributed by atoms with van der Waals surface area (Å²) < 4.78 is 29.3. The van der Waals surface area contributed by atoms with Gasteiger partial charge in [0.2, 0.25) is 0 Å². The zero-order valence-electron chi connectivity index (χ0n) is 45.3. The van der Waals surface area contributed by atoms with E-state index in [2.05, 4.69) is 92.3 Å². The number of amides is 3. The van der Waals surface area contributed by atoms with E-state index in [1.807, 2.05) is 54.1 Å². The topological polar surface area (TPSA) is 194 Å². The summed E-state index contributed by atoms with van der Waals surface area (Å²) >= 11 is 11.6. The summed E-state index contributed by atoms with van der Waals surface area (Å²) in [6.07, 6.45) is 4.30. The van der Waals surface area contributed by atoms with Gasteiger partial charge in [0.15, 0.2) is 0 Å². The van der Waals surface area contributed by atoms with Crippen LogP contribution < -0.4 is 16.0 Å². The zero-order valence-corrected chi connectivity index (χ0v) is 50.3. The Kier molecular flexibility index (Phi) is 45.3. The van der Waals surface area contributed by atoms with Gasteiger partial charge in [0, 0.05) is 5.33 Å². The Labute approximate surface area is 434 Å². The minimum absolute atomic E-state index is 0.298. The first-order chi connectivity index (χ1) is 30.3. The molecule has 0 saturated heterocycles. The van der Waals surface area contributed by atoms with Crippen LogP contribution in [0.5, 0.6) is 0 Å². The summed E-state index contributed by atoms with van der Waals surface area (Å²) in [7, 11) is 3.88. The van der Waals surface area contributed by atoms with Crippen LogP contribution in [0.3, 0.4) is 0 Å². The number of alkyl carbamates (subject to hydrolysis) is 3. The van der Waals surface area contributed by atoms with E-state index in [-0.39, 0.29) is 5.41 Å². The van der Waals surface area contributed by atoms with Crippen LogP contribution in [0, 0.1) is 5.41 Å². The van der Waals surface area contributed by atoms with Gasteiger partial charge in [0.1, 0.15) is 34.9 Å². The van der Waals surface area contributed by atoms with E-state index in [9.17, 15) is 28.8 Å². The Morgan fingerprint density at radius 3 is 1.09 bits per heavy atom. The maximum absolute atomic E-state index is 11.8. The summed E-state index contributed by atoms with van der Waals surface area (Å²) in [6, 6.07) is -2.10. The molecule has 0 aliphatic rings. The van der Waals surface area contributed by atoms with E-state index in [1.165, 1.54) is 43.6 Å². The normalized spacial score (nSPS) is 11.8. The zero-order chi connectivity index (χ0) is 54.7. The summed E-state index contributed by atoms with van der Waals surface area (Å²) in [5.74, 6) is -1.43. The molecule has 0 rings (SSSR count). The van der Waals surface area contributed by atoms with Crippen LogP contribution in [0.1, 0.15) is 157 Å². The Morgan fingerprint density at radius 1 is 0.567 bits per heavy atom. The summed E-state index contributed by atoms with van der Waals surface area (Å²) in [4.78, 5) is 69.4. The van der Waals surface area contributed by atoms with Crippen molar-refractivity contribution in [1.29, 1.82) is 0 Å². The predicted molar refractivity (Wildman–Crippen MR) is 279 cm³/mol. The van der Waals surface area contributed by atoms with E-state index >= 15 is 0 Å². The number of methoxy groups -OCH3 is 3. The van der Waals surface area contributed by atoms with Gasteiger partial charge in [-0.15, -0.1) is 0 Å². The fraction of sp³-hybridized carbons (Fsp3) is 0.750. The van der Waals surface area contributed by atoms with Crippen LogP contribution in [-0.4, -0.2) is 110 Å². The van der Waals surface area contributed by atoms with Crippen molar-refractivity contribution in [2.24, 2.45) is 5.41 Å². The number of thioether (sulfide) groups is 1. The number of allylic oxidation sites excluding steroid dienone is 5. The van der Waals surface area contributed by atoms with E-state index in [4.69, 9.17) is 23.7 Å². The molecule has 3 amide bonds. The van der Waals surface area contributed by atoms with Gasteiger partial charge in [0.25, 0.3) is 0 Å². The molecule has 0 aromatic carbocycles. The van der Waals surface area contributed by atoms with Gasteiger partial charge in [-0.1, -0.05) is 71.1 Å². The molecule has 3 atom stereocenters. The van der Waals surface area contributed by atoms with E-state index in [0.29, 0.717) is 19.3 Å². The second-order valence-corrected chi connectivity index (χ2v) is 20.5. The molecule has 0 bridgehead atoms. The SMILES string of the molecule is C=C(C)C(C)(C)C[C@H](NC(=O)OC(C)(C)C)C(=O)OC.CC(C)=C(C)CBr.CC[C@H](NC(=O)OC(C)(C)C)C(=O)OC.COC(=O)[C@H](CCC(C)=C(C)C)NC(=O)OC(C)(C)C.CSC.[Cu][Br]. The third kappa shape index (κ3) is 48.1. The van der Waals surface area contributed by atoms with Crippen LogP contribution in [0.25, 0.3) is 0 Å². The standard InChI is InChI=1S/2C15H27NO4.C10H19NO4.C6H11Br.C2H6S.BrH.Cu/c1-10(2)15(6,7)9-11(12(17)19-8)16-13(18)20-14(3,4)5;1-10(2)11(3)8-9-12(13(17)19-7)16-14(18)20-15(4,5)6;1-6-7(8(12)14-5)11-9(13)15-10(2,3)4;1-5(2)6(3)4-7;1-3-2;;/h11H,1,9H2,2-8H3,(H,16,18);12H,8-9H2,1-7H3,(H,16,18);7H,6H2,1-5H3,(H,11,13);4H2,1-3H3;1-2H3;1H;/q;;;;;;+1/p-1/t11-;12-;7-;;;;/m000..../s1. The van der Waals surface area contributed by atoms with Crippen molar-refractivity contribution in [3.63, 3.8) is 0 Å². The average Bonchev–Trinajstić information content (AvgIpc) is 3.19. The van der Waals surface area contributed by atoms with E-state index in [1.54, 1.807) is 81.0 Å². The molecular weight excluding hydrogens is 1070 g/mol. The molecule has 0 spiro atoms. The first kappa shape index (κ1) is 75.8. The molecule has 0 aliphatic heterocycles. The maximum atomic E-state index is 11.8. The number of carbonyl (C=O) groups is 6. The van der Waals surface area contributed by atoms with Crippen molar-refractivity contribution in [1.82, 2.24) is 16.0 Å². The van der Waals surface area contributed by atoms with E-state index in [0.717, 1.165) is 17.3 Å². The monoisotopic (exact) mass is 1150 g/mol. The van der Waals surface area contributed by atoms with Crippen molar-refractivity contribution >= 4 is 78.0 Å². The molecule has 0 radical (unpaired) electrons. The number of hydrogen-bond acceptors (Lipinski definition) is 13. The Morgan fingerprint density at radius 2 is 0.851 bits per heavy atom. The molecule has 0 heterocycles. The minimum atomic E-state index is -0.762.